The Balaban J connectivity index is 1.84. The predicted molar refractivity (Wildman–Crippen MR) is 137 cm³/mol. The van der Waals surface area contributed by atoms with Crippen molar-refractivity contribution in [3.63, 3.8) is 0 Å². The van der Waals surface area contributed by atoms with Crippen molar-refractivity contribution in [3.8, 4) is 5.75 Å². The Labute approximate surface area is 201 Å². The Hall–Kier alpha value is -3.86. The van der Waals surface area contributed by atoms with Crippen LogP contribution in [0.3, 0.4) is 0 Å². The fourth-order valence-corrected chi connectivity index (χ4v) is 4.14. The summed E-state index contributed by atoms with van der Waals surface area (Å²) in [6.07, 6.45) is 0. The zero-order chi connectivity index (χ0) is 24.6. The van der Waals surface area contributed by atoms with Gasteiger partial charge >= 0.3 is 0 Å². The first kappa shape index (κ1) is 23.3. The Morgan fingerprint density at radius 3 is 2.15 bits per heavy atom. The Bertz CT molecular complexity index is 1300. The zero-order valence-electron chi connectivity index (χ0n) is 20.5. The number of nitrogens with one attached hydrogen (secondary N) is 1. The van der Waals surface area contributed by atoms with Gasteiger partial charge < -0.3 is 10.1 Å². The SMILES string of the molecule is COc1ccccc1C1=C(Nc2ccc(C(C)(C)C)cc2)C(=O)N(c2cccc(C)c2C)C1=O. The number of anilines is 2. The molecule has 0 spiro atoms. The van der Waals surface area contributed by atoms with Crippen LogP contribution >= 0.6 is 0 Å². The van der Waals surface area contributed by atoms with Gasteiger partial charge in [-0.1, -0.05) is 63.2 Å². The van der Waals surface area contributed by atoms with Crippen molar-refractivity contribution in [1.29, 1.82) is 0 Å². The van der Waals surface area contributed by atoms with Gasteiger partial charge in [0.05, 0.1) is 18.4 Å². The topological polar surface area (TPSA) is 58.6 Å². The molecule has 2 amide bonds. The minimum Gasteiger partial charge on any atom is -0.496 e. The molecule has 0 bridgehead atoms. The summed E-state index contributed by atoms with van der Waals surface area (Å²) in [7, 11) is 1.56. The van der Waals surface area contributed by atoms with Gasteiger partial charge in [0, 0.05) is 11.3 Å². The van der Waals surface area contributed by atoms with Crippen molar-refractivity contribution in [3.05, 3.63) is 94.7 Å². The highest BCUT2D eigenvalue weighted by Crippen LogP contribution is 2.38. The molecular formula is C29H30N2O3. The number of ether oxygens (including phenoxy) is 1. The summed E-state index contributed by atoms with van der Waals surface area (Å²) in [5.41, 5.74) is 5.52. The average molecular weight is 455 g/mol. The molecule has 0 unspecified atom stereocenters. The summed E-state index contributed by atoms with van der Waals surface area (Å²) in [6, 6.07) is 20.8. The van der Waals surface area contributed by atoms with Gasteiger partial charge in [-0.05, 0) is 60.2 Å². The molecule has 3 aromatic rings. The van der Waals surface area contributed by atoms with E-state index in [1.165, 1.54) is 10.5 Å². The number of carbonyl (C=O) groups is 2. The maximum atomic E-state index is 13.8. The lowest BCUT2D eigenvalue weighted by molar-refractivity contribution is -0.120. The molecule has 0 saturated heterocycles. The van der Waals surface area contributed by atoms with Crippen molar-refractivity contribution in [2.45, 2.75) is 40.0 Å². The van der Waals surface area contributed by atoms with Gasteiger partial charge in [0.15, 0.2) is 0 Å². The minimum absolute atomic E-state index is 0.0129. The molecule has 5 heteroatoms. The van der Waals surface area contributed by atoms with Crippen LogP contribution in [0.2, 0.25) is 0 Å². The van der Waals surface area contributed by atoms with E-state index in [0.29, 0.717) is 22.6 Å². The summed E-state index contributed by atoms with van der Waals surface area (Å²) in [5, 5.41) is 3.25. The first-order valence-corrected chi connectivity index (χ1v) is 11.3. The number of imide groups is 1. The van der Waals surface area contributed by atoms with Gasteiger partial charge in [-0.15, -0.1) is 0 Å². The largest absolute Gasteiger partial charge is 0.496 e. The van der Waals surface area contributed by atoms with Gasteiger partial charge in [-0.3, -0.25) is 9.59 Å². The second kappa shape index (κ2) is 8.82. The standard InChI is InChI=1S/C29H30N2O3/c1-18-10-9-12-23(19(18)2)31-27(32)25(22-11-7-8-13-24(22)34-6)26(28(31)33)30-21-16-14-20(15-17-21)29(3,4)5/h7-17,30H,1-6H3. The lowest BCUT2D eigenvalue weighted by Crippen LogP contribution is -2.33. The van der Waals surface area contributed by atoms with Gasteiger partial charge in [-0.2, -0.15) is 0 Å². The summed E-state index contributed by atoms with van der Waals surface area (Å²) < 4.78 is 5.53. The van der Waals surface area contributed by atoms with Crippen LogP contribution in [0.15, 0.2) is 72.4 Å². The third-order valence-electron chi connectivity index (χ3n) is 6.30. The molecular weight excluding hydrogens is 424 g/mol. The van der Waals surface area contributed by atoms with Crippen molar-refractivity contribution < 1.29 is 14.3 Å². The van der Waals surface area contributed by atoms with E-state index in [0.717, 1.165) is 16.8 Å². The van der Waals surface area contributed by atoms with Crippen LogP contribution in [0.25, 0.3) is 5.57 Å². The zero-order valence-corrected chi connectivity index (χ0v) is 20.5. The number of rotatable bonds is 5. The number of hydrogen-bond acceptors (Lipinski definition) is 4. The van der Waals surface area contributed by atoms with Crippen LogP contribution in [0.1, 0.15) is 43.0 Å². The molecule has 174 valence electrons. The molecule has 0 atom stereocenters. The van der Waals surface area contributed by atoms with Crippen molar-refractivity contribution in [2.75, 3.05) is 17.3 Å². The summed E-state index contributed by atoms with van der Waals surface area (Å²) >= 11 is 0. The van der Waals surface area contributed by atoms with Crippen LogP contribution in [0, 0.1) is 13.8 Å². The van der Waals surface area contributed by atoms with Crippen LogP contribution in [0.5, 0.6) is 5.75 Å². The predicted octanol–water partition coefficient (Wildman–Crippen LogP) is 6.01. The molecule has 4 rings (SSSR count). The number of benzene rings is 3. The second-order valence-corrected chi connectivity index (χ2v) is 9.57. The molecule has 1 heterocycles. The molecule has 34 heavy (non-hydrogen) atoms. The first-order valence-electron chi connectivity index (χ1n) is 11.3. The van der Waals surface area contributed by atoms with Crippen molar-refractivity contribution in [2.24, 2.45) is 0 Å². The molecule has 1 aliphatic heterocycles. The maximum absolute atomic E-state index is 13.8. The van der Waals surface area contributed by atoms with Gasteiger partial charge in [0.1, 0.15) is 11.4 Å². The van der Waals surface area contributed by atoms with E-state index >= 15 is 0 Å². The van der Waals surface area contributed by atoms with Crippen LogP contribution in [-0.4, -0.2) is 18.9 Å². The van der Waals surface area contributed by atoms with Gasteiger partial charge in [-0.25, -0.2) is 4.90 Å². The highest BCUT2D eigenvalue weighted by Gasteiger charge is 2.41. The number of amides is 2. The average Bonchev–Trinajstić information content (AvgIpc) is 3.04. The number of para-hydroxylation sites is 1. The van der Waals surface area contributed by atoms with E-state index in [-0.39, 0.29) is 22.9 Å². The lowest BCUT2D eigenvalue weighted by atomic mass is 9.87. The van der Waals surface area contributed by atoms with E-state index in [9.17, 15) is 9.59 Å². The fraction of sp³-hybridized carbons (Fsp3) is 0.241. The lowest BCUT2D eigenvalue weighted by Gasteiger charge is -2.20. The first-order chi connectivity index (χ1) is 16.1. The minimum atomic E-state index is -0.389. The van der Waals surface area contributed by atoms with E-state index in [1.54, 1.807) is 25.3 Å². The van der Waals surface area contributed by atoms with Crippen molar-refractivity contribution in [1.82, 2.24) is 0 Å². The van der Waals surface area contributed by atoms with Crippen LogP contribution in [0.4, 0.5) is 11.4 Å². The van der Waals surface area contributed by atoms with Crippen LogP contribution < -0.4 is 15.0 Å². The smallest absolute Gasteiger partial charge is 0.282 e. The second-order valence-electron chi connectivity index (χ2n) is 9.57. The number of methoxy groups -OCH3 is 1. The highest BCUT2D eigenvalue weighted by molar-refractivity contribution is 6.46. The van der Waals surface area contributed by atoms with E-state index in [1.807, 2.05) is 62.4 Å². The molecule has 0 fully saturated rings. The quantitative estimate of drug-likeness (QED) is 0.480. The number of hydrogen-bond donors (Lipinski definition) is 1. The number of carbonyl (C=O) groups excluding carboxylic acids is 2. The summed E-state index contributed by atoms with van der Waals surface area (Å²) in [5.74, 6) is -0.236. The fourth-order valence-electron chi connectivity index (χ4n) is 4.14. The molecule has 0 aliphatic carbocycles. The molecule has 1 N–H and O–H groups in total. The van der Waals surface area contributed by atoms with Crippen molar-refractivity contribution >= 4 is 28.8 Å². The molecule has 5 nitrogen and oxygen atoms in total. The van der Waals surface area contributed by atoms with E-state index < -0.39 is 0 Å². The van der Waals surface area contributed by atoms with E-state index in [2.05, 4.69) is 26.1 Å². The van der Waals surface area contributed by atoms with Gasteiger partial charge in [0.2, 0.25) is 0 Å². The molecule has 0 saturated carbocycles. The molecule has 1 aliphatic rings. The maximum Gasteiger partial charge on any atom is 0.282 e. The summed E-state index contributed by atoms with van der Waals surface area (Å²) in [6.45, 7) is 10.3. The summed E-state index contributed by atoms with van der Waals surface area (Å²) in [4.78, 5) is 28.8. The van der Waals surface area contributed by atoms with Crippen LogP contribution in [-0.2, 0) is 15.0 Å². The molecule has 0 radical (unpaired) electrons. The number of nitrogens with zero attached hydrogens (tertiary/aromatic N) is 1. The van der Waals surface area contributed by atoms with Gasteiger partial charge in [0.25, 0.3) is 11.8 Å². The normalized spacial score (nSPS) is 14.1. The highest BCUT2D eigenvalue weighted by atomic mass is 16.5. The third kappa shape index (κ3) is 4.10. The monoisotopic (exact) mass is 454 g/mol. The Morgan fingerprint density at radius 2 is 1.50 bits per heavy atom. The number of aryl methyl sites for hydroxylation is 1. The van der Waals surface area contributed by atoms with E-state index in [4.69, 9.17) is 4.74 Å². The Morgan fingerprint density at radius 1 is 0.824 bits per heavy atom. The third-order valence-corrected chi connectivity index (χ3v) is 6.30. The molecule has 0 aromatic heterocycles. The molecule has 3 aromatic carbocycles. The Kier molecular flexibility index (Phi) is 6.05.